The Morgan fingerprint density at radius 1 is 1.30 bits per heavy atom. The van der Waals surface area contributed by atoms with Crippen LogP contribution in [0.15, 0.2) is 23.3 Å². The van der Waals surface area contributed by atoms with Crippen LogP contribution in [0, 0.1) is 0 Å². The molecule has 23 heavy (non-hydrogen) atoms. The molecule has 2 rings (SSSR count). The number of phenols is 1. The standard InChI is InChI=1S/C17H26N4OS/c1-3-18-17(23)20-19-13(2)14-7-8-16(22)15(11-14)12-21-9-5-4-6-10-21/h7-8,11,22H,3-6,9-10,12H2,1-2H3,(H2,18,20,23)/b19-13+. The summed E-state index contributed by atoms with van der Waals surface area (Å²) in [5, 5.41) is 17.9. The summed E-state index contributed by atoms with van der Waals surface area (Å²) in [6.07, 6.45) is 3.80. The third-order valence-electron chi connectivity index (χ3n) is 4.00. The summed E-state index contributed by atoms with van der Waals surface area (Å²) < 4.78 is 0. The molecular formula is C17H26N4OS. The number of hydrogen-bond acceptors (Lipinski definition) is 4. The summed E-state index contributed by atoms with van der Waals surface area (Å²) in [7, 11) is 0. The first-order valence-corrected chi connectivity index (χ1v) is 8.63. The van der Waals surface area contributed by atoms with Crippen LogP contribution in [0.2, 0.25) is 0 Å². The van der Waals surface area contributed by atoms with Crippen LogP contribution >= 0.6 is 12.2 Å². The fraction of sp³-hybridized carbons (Fsp3) is 0.529. The maximum atomic E-state index is 10.1. The van der Waals surface area contributed by atoms with Gasteiger partial charge in [-0.15, -0.1) is 0 Å². The zero-order valence-electron chi connectivity index (χ0n) is 13.9. The molecule has 0 aliphatic carbocycles. The lowest BCUT2D eigenvalue weighted by Crippen LogP contribution is -2.32. The summed E-state index contributed by atoms with van der Waals surface area (Å²) in [4.78, 5) is 2.40. The van der Waals surface area contributed by atoms with E-state index >= 15 is 0 Å². The number of nitrogens with one attached hydrogen (secondary N) is 2. The predicted octanol–water partition coefficient (Wildman–Crippen LogP) is 2.59. The van der Waals surface area contributed by atoms with Gasteiger partial charge in [-0.25, -0.2) is 0 Å². The SMILES string of the molecule is CCNC(=S)N/N=C(\C)c1ccc(O)c(CN2CCCCC2)c1. The Hall–Kier alpha value is -1.66. The first-order valence-electron chi connectivity index (χ1n) is 8.23. The Morgan fingerprint density at radius 3 is 2.74 bits per heavy atom. The second-order valence-corrected chi connectivity index (χ2v) is 6.26. The zero-order chi connectivity index (χ0) is 16.7. The molecular weight excluding hydrogens is 308 g/mol. The van der Waals surface area contributed by atoms with Crippen LogP contribution in [0.1, 0.15) is 44.2 Å². The number of nitrogens with zero attached hydrogens (tertiary/aromatic N) is 2. The molecule has 0 saturated carbocycles. The number of likely N-dealkylation sites (tertiary alicyclic amines) is 1. The number of benzene rings is 1. The van der Waals surface area contributed by atoms with Crippen molar-refractivity contribution in [1.82, 2.24) is 15.6 Å². The van der Waals surface area contributed by atoms with Crippen molar-refractivity contribution in [2.45, 2.75) is 39.7 Å². The van der Waals surface area contributed by atoms with E-state index in [1.807, 2.05) is 26.0 Å². The topological polar surface area (TPSA) is 59.9 Å². The van der Waals surface area contributed by atoms with Crippen molar-refractivity contribution in [3.8, 4) is 5.75 Å². The van der Waals surface area contributed by atoms with Crippen molar-refractivity contribution in [2.75, 3.05) is 19.6 Å². The number of phenolic OH excluding ortho intramolecular Hbond substituents is 1. The van der Waals surface area contributed by atoms with E-state index in [0.29, 0.717) is 10.9 Å². The third-order valence-corrected chi connectivity index (χ3v) is 4.24. The first-order chi connectivity index (χ1) is 11.1. The molecule has 1 fully saturated rings. The van der Waals surface area contributed by atoms with Gasteiger partial charge in [-0.1, -0.05) is 6.42 Å². The highest BCUT2D eigenvalue weighted by Crippen LogP contribution is 2.22. The quantitative estimate of drug-likeness (QED) is 0.439. The number of hydrogen-bond donors (Lipinski definition) is 3. The molecule has 126 valence electrons. The average molecular weight is 334 g/mol. The molecule has 1 aromatic carbocycles. The highest BCUT2D eigenvalue weighted by atomic mass is 32.1. The molecule has 0 aromatic heterocycles. The Kier molecular flexibility index (Phi) is 6.80. The molecule has 1 heterocycles. The molecule has 0 unspecified atom stereocenters. The lowest BCUT2D eigenvalue weighted by atomic mass is 10.0. The van der Waals surface area contributed by atoms with Crippen molar-refractivity contribution >= 4 is 23.0 Å². The molecule has 0 atom stereocenters. The maximum absolute atomic E-state index is 10.1. The predicted molar refractivity (Wildman–Crippen MR) is 98.9 cm³/mol. The van der Waals surface area contributed by atoms with Gasteiger partial charge in [0.05, 0.1) is 5.71 Å². The Balaban J connectivity index is 2.06. The smallest absolute Gasteiger partial charge is 0.186 e. The van der Waals surface area contributed by atoms with E-state index in [0.717, 1.165) is 43.0 Å². The van der Waals surface area contributed by atoms with Gasteiger partial charge in [0.15, 0.2) is 5.11 Å². The van der Waals surface area contributed by atoms with Crippen molar-refractivity contribution in [1.29, 1.82) is 0 Å². The Morgan fingerprint density at radius 2 is 2.04 bits per heavy atom. The van der Waals surface area contributed by atoms with Gasteiger partial charge in [-0.3, -0.25) is 10.3 Å². The van der Waals surface area contributed by atoms with Crippen LogP contribution < -0.4 is 10.7 Å². The number of hydrazone groups is 1. The molecule has 1 aliphatic rings. The van der Waals surface area contributed by atoms with Crippen LogP contribution in [-0.4, -0.2) is 40.5 Å². The van der Waals surface area contributed by atoms with Crippen LogP contribution in [0.5, 0.6) is 5.75 Å². The van der Waals surface area contributed by atoms with E-state index in [1.165, 1.54) is 19.3 Å². The number of rotatable bonds is 5. The average Bonchev–Trinajstić information content (AvgIpc) is 2.56. The van der Waals surface area contributed by atoms with Gasteiger partial charge in [-0.2, -0.15) is 5.10 Å². The Bertz CT molecular complexity index is 568. The highest BCUT2D eigenvalue weighted by molar-refractivity contribution is 7.80. The summed E-state index contributed by atoms with van der Waals surface area (Å²) in [5.74, 6) is 0.350. The lowest BCUT2D eigenvalue weighted by Gasteiger charge is -2.26. The fourth-order valence-electron chi connectivity index (χ4n) is 2.69. The van der Waals surface area contributed by atoms with E-state index in [4.69, 9.17) is 12.2 Å². The minimum Gasteiger partial charge on any atom is -0.508 e. The second-order valence-electron chi connectivity index (χ2n) is 5.85. The van der Waals surface area contributed by atoms with Gasteiger partial charge in [0.25, 0.3) is 0 Å². The molecule has 3 N–H and O–H groups in total. The van der Waals surface area contributed by atoms with Crippen LogP contribution in [0.3, 0.4) is 0 Å². The van der Waals surface area contributed by atoms with Gasteiger partial charge in [0.2, 0.25) is 0 Å². The van der Waals surface area contributed by atoms with Gasteiger partial charge in [0.1, 0.15) is 5.75 Å². The largest absolute Gasteiger partial charge is 0.508 e. The van der Waals surface area contributed by atoms with Crippen molar-refractivity contribution in [2.24, 2.45) is 5.10 Å². The third kappa shape index (κ3) is 5.48. The van der Waals surface area contributed by atoms with Gasteiger partial charge < -0.3 is 10.4 Å². The first kappa shape index (κ1) is 17.7. The zero-order valence-corrected chi connectivity index (χ0v) is 14.7. The molecule has 6 heteroatoms. The van der Waals surface area contributed by atoms with Crippen molar-refractivity contribution in [3.63, 3.8) is 0 Å². The fourth-order valence-corrected chi connectivity index (χ4v) is 2.88. The summed E-state index contributed by atoms with van der Waals surface area (Å²) in [5.41, 5.74) is 5.61. The lowest BCUT2D eigenvalue weighted by molar-refractivity contribution is 0.218. The molecule has 1 aromatic rings. The number of piperidine rings is 1. The molecule has 0 spiro atoms. The van der Waals surface area contributed by atoms with E-state index in [1.54, 1.807) is 6.07 Å². The van der Waals surface area contributed by atoms with E-state index in [9.17, 15) is 5.11 Å². The molecule has 1 saturated heterocycles. The number of thiocarbonyl (C=S) groups is 1. The monoisotopic (exact) mass is 334 g/mol. The van der Waals surface area contributed by atoms with E-state index in [2.05, 4.69) is 20.7 Å². The Labute approximate surface area is 143 Å². The molecule has 0 bridgehead atoms. The van der Waals surface area contributed by atoms with Crippen molar-refractivity contribution < 1.29 is 5.11 Å². The second kappa shape index (κ2) is 8.84. The molecule has 5 nitrogen and oxygen atoms in total. The maximum Gasteiger partial charge on any atom is 0.186 e. The van der Waals surface area contributed by atoms with Crippen molar-refractivity contribution in [3.05, 3.63) is 29.3 Å². The minimum atomic E-state index is 0.350. The molecule has 0 radical (unpaired) electrons. The van der Waals surface area contributed by atoms with Crippen LogP contribution in [0.4, 0.5) is 0 Å². The van der Waals surface area contributed by atoms with Gasteiger partial charge in [-0.05, 0) is 75.8 Å². The van der Waals surface area contributed by atoms with Crippen LogP contribution in [-0.2, 0) is 6.54 Å². The van der Waals surface area contributed by atoms with Gasteiger partial charge >= 0.3 is 0 Å². The minimum absolute atomic E-state index is 0.350. The van der Waals surface area contributed by atoms with E-state index in [-0.39, 0.29) is 0 Å². The van der Waals surface area contributed by atoms with Crippen LogP contribution in [0.25, 0.3) is 0 Å². The normalized spacial score (nSPS) is 16.2. The summed E-state index contributed by atoms with van der Waals surface area (Å²) in [6, 6.07) is 5.64. The highest BCUT2D eigenvalue weighted by Gasteiger charge is 2.13. The number of aromatic hydroxyl groups is 1. The van der Waals surface area contributed by atoms with E-state index < -0.39 is 0 Å². The molecule has 0 amide bonds. The van der Waals surface area contributed by atoms with Gasteiger partial charge in [0, 0.05) is 18.7 Å². The molecule has 1 aliphatic heterocycles. The summed E-state index contributed by atoms with van der Waals surface area (Å²) >= 11 is 5.10. The summed E-state index contributed by atoms with van der Waals surface area (Å²) in [6.45, 7) is 7.68.